The van der Waals surface area contributed by atoms with E-state index < -0.39 is 0 Å². The Labute approximate surface area is 109 Å². The minimum Gasteiger partial charge on any atom is -0.378 e. The molecule has 2 rings (SSSR count). The number of aromatic nitrogens is 2. The average molecular weight is 252 g/mol. The molecule has 5 nitrogen and oxygen atoms in total. The number of imidazole rings is 1. The Morgan fingerprint density at radius 1 is 1.56 bits per heavy atom. The smallest absolute Gasteiger partial charge is 0.109 e. The molecular formula is C13H24N4O. The van der Waals surface area contributed by atoms with Crippen LogP contribution in [0.3, 0.4) is 0 Å². The van der Waals surface area contributed by atoms with E-state index in [1.54, 1.807) is 0 Å². The monoisotopic (exact) mass is 252 g/mol. The van der Waals surface area contributed by atoms with Crippen LogP contribution in [0, 0.1) is 0 Å². The van der Waals surface area contributed by atoms with Crippen molar-refractivity contribution in [3.05, 3.63) is 18.2 Å². The molecule has 1 fully saturated rings. The summed E-state index contributed by atoms with van der Waals surface area (Å²) < 4.78 is 7.66. The lowest BCUT2D eigenvalue weighted by Gasteiger charge is -2.35. The predicted molar refractivity (Wildman–Crippen MR) is 71.6 cm³/mol. The van der Waals surface area contributed by atoms with Crippen molar-refractivity contribution in [2.75, 3.05) is 39.4 Å². The van der Waals surface area contributed by atoms with Gasteiger partial charge in [0.05, 0.1) is 13.2 Å². The van der Waals surface area contributed by atoms with Gasteiger partial charge in [0, 0.05) is 51.5 Å². The normalized spacial score (nSPS) is 21.3. The van der Waals surface area contributed by atoms with Crippen molar-refractivity contribution < 1.29 is 4.74 Å². The lowest BCUT2D eigenvalue weighted by atomic mass is 10.2. The van der Waals surface area contributed by atoms with Gasteiger partial charge in [-0.1, -0.05) is 6.92 Å². The van der Waals surface area contributed by atoms with E-state index >= 15 is 0 Å². The molecule has 2 heterocycles. The Kier molecular flexibility index (Phi) is 5.16. The van der Waals surface area contributed by atoms with Gasteiger partial charge in [0.25, 0.3) is 0 Å². The van der Waals surface area contributed by atoms with Gasteiger partial charge in [0.2, 0.25) is 0 Å². The molecule has 0 saturated carbocycles. The van der Waals surface area contributed by atoms with Gasteiger partial charge in [0.1, 0.15) is 5.82 Å². The van der Waals surface area contributed by atoms with Crippen LogP contribution >= 0.6 is 0 Å². The van der Waals surface area contributed by atoms with Crippen LogP contribution < -0.4 is 5.32 Å². The fourth-order valence-electron chi connectivity index (χ4n) is 2.36. The van der Waals surface area contributed by atoms with Crippen molar-refractivity contribution in [3.63, 3.8) is 0 Å². The fraction of sp³-hybridized carbons (Fsp3) is 0.769. The van der Waals surface area contributed by atoms with E-state index in [1.165, 1.54) is 0 Å². The van der Waals surface area contributed by atoms with E-state index in [9.17, 15) is 0 Å². The summed E-state index contributed by atoms with van der Waals surface area (Å²) in [5.74, 6) is 1.16. The van der Waals surface area contributed by atoms with E-state index in [4.69, 9.17) is 4.74 Å². The molecule has 1 saturated heterocycles. The highest BCUT2D eigenvalue weighted by atomic mass is 16.5. The van der Waals surface area contributed by atoms with Gasteiger partial charge in [-0.2, -0.15) is 0 Å². The van der Waals surface area contributed by atoms with Crippen molar-refractivity contribution in [1.29, 1.82) is 0 Å². The molecule has 1 aliphatic heterocycles. The molecule has 18 heavy (non-hydrogen) atoms. The second kappa shape index (κ2) is 6.87. The van der Waals surface area contributed by atoms with Crippen LogP contribution in [0.15, 0.2) is 12.4 Å². The molecular weight excluding hydrogens is 228 g/mol. The molecule has 0 radical (unpaired) electrons. The zero-order chi connectivity index (χ0) is 12.8. The SMILES string of the molecule is CCNCC1COCCN1CCc1nccn1C. The Morgan fingerprint density at radius 3 is 3.17 bits per heavy atom. The maximum Gasteiger partial charge on any atom is 0.109 e. The number of likely N-dealkylation sites (N-methyl/N-ethyl adjacent to an activating group) is 1. The molecule has 0 aromatic carbocycles. The zero-order valence-electron chi connectivity index (χ0n) is 11.4. The number of nitrogens with zero attached hydrogens (tertiary/aromatic N) is 3. The van der Waals surface area contributed by atoms with E-state index in [0.29, 0.717) is 6.04 Å². The highest BCUT2D eigenvalue weighted by Crippen LogP contribution is 2.08. The van der Waals surface area contributed by atoms with Crippen LogP contribution in [-0.2, 0) is 18.2 Å². The standard InChI is InChI=1S/C13H24N4O/c1-3-14-10-12-11-18-9-8-17(12)6-4-13-15-5-7-16(13)2/h5,7,12,14H,3-4,6,8-11H2,1-2H3. The number of aryl methyl sites for hydroxylation is 1. The lowest BCUT2D eigenvalue weighted by Crippen LogP contribution is -2.51. The Bertz CT molecular complexity index is 353. The van der Waals surface area contributed by atoms with Gasteiger partial charge in [-0.05, 0) is 6.54 Å². The molecule has 1 aliphatic rings. The Hall–Kier alpha value is -0.910. The molecule has 102 valence electrons. The molecule has 1 atom stereocenters. The fourth-order valence-corrected chi connectivity index (χ4v) is 2.36. The van der Waals surface area contributed by atoms with Crippen molar-refractivity contribution >= 4 is 0 Å². The van der Waals surface area contributed by atoms with Crippen molar-refractivity contribution in [3.8, 4) is 0 Å². The molecule has 1 aromatic heterocycles. The molecule has 0 aliphatic carbocycles. The van der Waals surface area contributed by atoms with Gasteiger partial charge in [-0.15, -0.1) is 0 Å². The quantitative estimate of drug-likeness (QED) is 0.789. The number of hydrogen-bond acceptors (Lipinski definition) is 4. The summed E-state index contributed by atoms with van der Waals surface area (Å²) in [6.07, 6.45) is 4.88. The first-order valence-electron chi connectivity index (χ1n) is 6.80. The van der Waals surface area contributed by atoms with Crippen LogP contribution in [0.4, 0.5) is 0 Å². The number of nitrogens with one attached hydrogen (secondary N) is 1. The summed E-state index contributed by atoms with van der Waals surface area (Å²) in [6.45, 7) is 7.95. The van der Waals surface area contributed by atoms with Crippen LogP contribution in [0.25, 0.3) is 0 Å². The first kappa shape index (κ1) is 13.5. The van der Waals surface area contributed by atoms with E-state index in [-0.39, 0.29) is 0 Å². The van der Waals surface area contributed by atoms with Gasteiger partial charge < -0.3 is 14.6 Å². The molecule has 1 unspecified atom stereocenters. The molecule has 1 aromatic rings. The van der Waals surface area contributed by atoms with Gasteiger partial charge in [-0.25, -0.2) is 4.98 Å². The summed E-state index contributed by atoms with van der Waals surface area (Å²) in [5, 5.41) is 3.41. The molecule has 1 N–H and O–H groups in total. The lowest BCUT2D eigenvalue weighted by molar-refractivity contribution is -0.00626. The summed E-state index contributed by atoms with van der Waals surface area (Å²) >= 11 is 0. The summed E-state index contributed by atoms with van der Waals surface area (Å²) in [7, 11) is 2.05. The molecule has 0 bridgehead atoms. The topological polar surface area (TPSA) is 42.3 Å². The van der Waals surface area contributed by atoms with Crippen LogP contribution in [0.2, 0.25) is 0 Å². The minimum absolute atomic E-state index is 0.499. The summed E-state index contributed by atoms with van der Waals surface area (Å²) in [6, 6.07) is 0.499. The second-order valence-electron chi connectivity index (χ2n) is 4.78. The van der Waals surface area contributed by atoms with Crippen LogP contribution in [0.5, 0.6) is 0 Å². The maximum atomic E-state index is 5.57. The van der Waals surface area contributed by atoms with Crippen molar-refractivity contribution in [2.24, 2.45) is 7.05 Å². The second-order valence-corrected chi connectivity index (χ2v) is 4.78. The number of ether oxygens (including phenoxy) is 1. The third-order valence-corrected chi connectivity index (χ3v) is 3.52. The van der Waals surface area contributed by atoms with Gasteiger partial charge in [0.15, 0.2) is 0 Å². The van der Waals surface area contributed by atoms with Gasteiger partial charge >= 0.3 is 0 Å². The Morgan fingerprint density at radius 2 is 2.44 bits per heavy atom. The molecule has 5 heteroatoms. The number of rotatable bonds is 6. The van der Waals surface area contributed by atoms with Crippen molar-refractivity contribution in [1.82, 2.24) is 19.8 Å². The largest absolute Gasteiger partial charge is 0.378 e. The third kappa shape index (κ3) is 3.54. The van der Waals surface area contributed by atoms with E-state index in [2.05, 4.69) is 33.7 Å². The molecule has 0 spiro atoms. The first-order valence-corrected chi connectivity index (χ1v) is 6.80. The first-order chi connectivity index (χ1) is 8.81. The average Bonchev–Trinajstić information content (AvgIpc) is 2.80. The van der Waals surface area contributed by atoms with Crippen LogP contribution in [0.1, 0.15) is 12.7 Å². The van der Waals surface area contributed by atoms with E-state index in [0.717, 1.165) is 51.6 Å². The van der Waals surface area contributed by atoms with Crippen LogP contribution in [-0.4, -0.2) is 59.9 Å². The van der Waals surface area contributed by atoms with Gasteiger partial charge in [-0.3, -0.25) is 4.90 Å². The Balaban J connectivity index is 1.83. The molecule has 0 amide bonds. The number of morpholine rings is 1. The number of hydrogen-bond donors (Lipinski definition) is 1. The maximum absolute atomic E-state index is 5.57. The highest BCUT2D eigenvalue weighted by Gasteiger charge is 2.22. The summed E-state index contributed by atoms with van der Waals surface area (Å²) in [5.41, 5.74) is 0. The highest BCUT2D eigenvalue weighted by molar-refractivity contribution is 4.92. The zero-order valence-corrected chi connectivity index (χ0v) is 11.4. The summed E-state index contributed by atoms with van der Waals surface area (Å²) in [4.78, 5) is 6.89. The minimum atomic E-state index is 0.499. The predicted octanol–water partition coefficient (Wildman–Crippen LogP) is 0.273. The third-order valence-electron chi connectivity index (χ3n) is 3.52. The van der Waals surface area contributed by atoms with E-state index in [1.807, 2.05) is 12.4 Å². The van der Waals surface area contributed by atoms with Crippen molar-refractivity contribution in [2.45, 2.75) is 19.4 Å².